The van der Waals surface area contributed by atoms with Crippen molar-refractivity contribution >= 4 is 15.9 Å². The van der Waals surface area contributed by atoms with Gasteiger partial charge >= 0.3 is 0 Å². The molecule has 0 spiro atoms. The van der Waals surface area contributed by atoms with Gasteiger partial charge in [0.05, 0.1) is 0 Å². The first kappa shape index (κ1) is 10.4. The zero-order valence-electron chi connectivity index (χ0n) is 8.91. The van der Waals surface area contributed by atoms with Crippen LogP contribution in [0.4, 0.5) is 0 Å². The van der Waals surface area contributed by atoms with Gasteiger partial charge in [0, 0.05) is 10.5 Å². The predicted molar refractivity (Wildman–Crippen MR) is 64.5 cm³/mol. The van der Waals surface area contributed by atoms with Crippen molar-refractivity contribution in [2.75, 3.05) is 6.79 Å². The van der Waals surface area contributed by atoms with E-state index in [-0.39, 0.29) is 6.04 Å². The van der Waals surface area contributed by atoms with E-state index in [2.05, 4.69) is 15.9 Å². The summed E-state index contributed by atoms with van der Waals surface area (Å²) in [6.45, 7) is 0.309. The minimum Gasteiger partial charge on any atom is -0.454 e. The van der Waals surface area contributed by atoms with Crippen LogP contribution in [0, 0.1) is 5.92 Å². The van der Waals surface area contributed by atoms with Gasteiger partial charge in [0.25, 0.3) is 0 Å². The lowest BCUT2D eigenvalue weighted by atomic mass is 9.77. The summed E-state index contributed by atoms with van der Waals surface area (Å²) in [6, 6.07) is 4.07. The highest BCUT2D eigenvalue weighted by molar-refractivity contribution is 9.10. The molecule has 3 rings (SSSR count). The van der Waals surface area contributed by atoms with Gasteiger partial charge in [0.1, 0.15) is 0 Å². The molecule has 1 atom stereocenters. The van der Waals surface area contributed by atoms with Gasteiger partial charge in [-0.15, -0.1) is 0 Å². The van der Waals surface area contributed by atoms with E-state index in [1.54, 1.807) is 0 Å². The molecule has 0 unspecified atom stereocenters. The van der Waals surface area contributed by atoms with Crippen LogP contribution in [0.2, 0.25) is 0 Å². The minimum absolute atomic E-state index is 0.109. The monoisotopic (exact) mass is 283 g/mol. The molecule has 0 bridgehead atoms. The van der Waals surface area contributed by atoms with Crippen LogP contribution >= 0.6 is 15.9 Å². The second kappa shape index (κ2) is 3.93. The lowest BCUT2D eigenvalue weighted by molar-refractivity contribution is 0.174. The number of benzene rings is 1. The maximum absolute atomic E-state index is 6.27. The van der Waals surface area contributed by atoms with Gasteiger partial charge in [-0.05, 0) is 36.5 Å². The maximum atomic E-state index is 6.27. The quantitative estimate of drug-likeness (QED) is 0.908. The first-order valence-electron chi connectivity index (χ1n) is 5.60. The molecule has 0 amide bonds. The molecule has 2 aliphatic rings. The summed E-state index contributed by atoms with van der Waals surface area (Å²) < 4.78 is 11.7. The SMILES string of the molecule is N[C@@H](c1cc2c(cc1Br)OCO2)C1CCC1. The van der Waals surface area contributed by atoms with E-state index in [1.807, 2.05) is 12.1 Å². The number of ether oxygens (including phenoxy) is 2. The summed E-state index contributed by atoms with van der Waals surface area (Å²) in [5.41, 5.74) is 7.40. The Morgan fingerprint density at radius 1 is 1.25 bits per heavy atom. The molecule has 3 nitrogen and oxygen atoms in total. The van der Waals surface area contributed by atoms with Gasteiger partial charge in [-0.1, -0.05) is 22.4 Å². The number of fused-ring (bicyclic) bond motifs is 1. The number of halogens is 1. The molecular weight excluding hydrogens is 270 g/mol. The first-order valence-corrected chi connectivity index (χ1v) is 6.39. The van der Waals surface area contributed by atoms with Crippen molar-refractivity contribution in [3.63, 3.8) is 0 Å². The second-order valence-electron chi connectivity index (χ2n) is 4.44. The summed E-state index contributed by atoms with van der Waals surface area (Å²) in [6.07, 6.45) is 3.78. The van der Waals surface area contributed by atoms with Gasteiger partial charge in [0.2, 0.25) is 6.79 Å². The number of hydrogen-bond donors (Lipinski definition) is 1. The normalized spacial score (nSPS) is 20.6. The van der Waals surface area contributed by atoms with Crippen LogP contribution in [-0.4, -0.2) is 6.79 Å². The Hall–Kier alpha value is -0.740. The lowest BCUT2D eigenvalue weighted by Gasteiger charge is -2.32. The third kappa shape index (κ3) is 1.60. The average molecular weight is 284 g/mol. The van der Waals surface area contributed by atoms with Crippen LogP contribution in [0.5, 0.6) is 11.5 Å². The molecule has 1 fully saturated rings. The second-order valence-corrected chi connectivity index (χ2v) is 5.30. The highest BCUT2D eigenvalue weighted by Gasteiger charge is 2.28. The van der Waals surface area contributed by atoms with Gasteiger partial charge in [-0.25, -0.2) is 0 Å². The van der Waals surface area contributed by atoms with Crippen LogP contribution in [0.1, 0.15) is 30.9 Å². The average Bonchev–Trinajstić information content (AvgIpc) is 2.60. The summed E-state index contributed by atoms with van der Waals surface area (Å²) in [5, 5.41) is 0. The van der Waals surface area contributed by atoms with E-state index < -0.39 is 0 Å². The van der Waals surface area contributed by atoms with E-state index in [4.69, 9.17) is 15.2 Å². The fourth-order valence-electron chi connectivity index (χ4n) is 2.24. The molecule has 1 saturated carbocycles. The molecule has 0 saturated heterocycles. The zero-order chi connectivity index (χ0) is 11.1. The van der Waals surface area contributed by atoms with Gasteiger partial charge in [-0.3, -0.25) is 0 Å². The third-order valence-electron chi connectivity index (χ3n) is 3.51. The molecule has 1 aliphatic carbocycles. The molecule has 0 radical (unpaired) electrons. The molecular formula is C12H14BrNO2. The standard InChI is InChI=1S/C12H14BrNO2/c13-9-5-11-10(15-6-16-11)4-8(9)12(14)7-2-1-3-7/h4-5,7,12H,1-3,6,14H2/t12-/m1/s1. The lowest BCUT2D eigenvalue weighted by Crippen LogP contribution is -2.27. The van der Waals surface area contributed by atoms with Crippen molar-refractivity contribution in [3.05, 3.63) is 22.2 Å². The molecule has 1 aliphatic heterocycles. The van der Waals surface area contributed by atoms with Crippen LogP contribution in [0.25, 0.3) is 0 Å². The highest BCUT2D eigenvalue weighted by Crippen LogP contribution is 2.43. The maximum Gasteiger partial charge on any atom is 0.231 e. The van der Waals surface area contributed by atoms with Crippen LogP contribution in [-0.2, 0) is 0 Å². The van der Waals surface area contributed by atoms with Gasteiger partial charge in [0.15, 0.2) is 11.5 Å². The van der Waals surface area contributed by atoms with Crippen molar-refractivity contribution in [1.29, 1.82) is 0 Å². The van der Waals surface area contributed by atoms with Crippen LogP contribution in [0.3, 0.4) is 0 Å². The fourth-order valence-corrected chi connectivity index (χ4v) is 2.83. The first-order chi connectivity index (χ1) is 7.75. The van der Waals surface area contributed by atoms with E-state index >= 15 is 0 Å². The zero-order valence-corrected chi connectivity index (χ0v) is 10.5. The van der Waals surface area contributed by atoms with Gasteiger partial charge in [-0.2, -0.15) is 0 Å². The fraction of sp³-hybridized carbons (Fsp3) is 0.500. The molecule has 4 heteroatoms. The van der Waals surface area contributed by atoms with Crippen molar-refractivity contribution in [3.8, 4) is 11.5 Å². The molecule has 1 aromatic carbocycles. The van der Waals surface area contributed by atoms with Crippen molar-refractivity contribution in [2.24, 2.45) is 11.7 Å². The molecule has 16 heavy (non-hydrogen) atoms. The smallest absolute Gasteiger partial charge is 0.231 e. The summed E-state index contributed by atoms with van der Waals surface area (Å²) in [7, 11) is 0. The Labute approximate surface area is 103 Å². The van der Waals surface area contributed by atoms with Crippen LogP contribution in [0.15, 0.2) is 16.6 Å². The minimum atomic E-state index is 0.109. The Morgan fingerprint density at radius 3 is 2.56 bits per heavy atom. The molecule has 0 aromatic heterocycles. The van der Waals surface area contributed by atoms with Crippen molar-refractivity contribution in [2.45, 2.75) is 25.3 Å². The predicted octanol–water partition coefficient (Wildman–Crippen LogP) is 2.98. The van der Waals surface area contributed by atoms with E-state index in [0.29, 0.717) is 12.7 Å². The largest absolute Gasteiger partial charge is 0.454 e. The van der Waals surface area contributed by atoms with E-state index in [1.165, 1.54) is 19.3 Å². The van der Waals surface area contributed by atoms with Crippen molar-refractivity contribution in [1.82, 2.24) is 0 Å². The molecule has 2 N–H and O–H groups in total. The van der Waals surface area contributed by atoms with E-state index in [0.717, 1.165) is 21.5 Å². The molecule has 1 heterocycles. The number of hydrogen-bond acceptors (Lipinski definition) is 3. The summed E-state index contributed by atoms with van der Waals surface area (Å²) in [5.74, 6) is 2.24. The number of rotatable bonds is 2. The number of nitrogens with two attached hydrogens (primary N) is 1. The summed E-state index contributed by atoms with van der Waals surface area (Å²) >= 11 is 3.56. The Kier molecular flexibility index (Phi) is 2.56. The van der Waals surface area contributed by atoms with Gasteiger partial charge < -0.3 is 15.2 Å². The summed E-state index contributed by atoms with van der Waals surface area (Å²) in [4.78, 5) is 0. The highest BCUT2D eigenvalue weighted by atomic mass is 79.9. The Bertz CT molecular complexity index is 418. The molecule has 86 valence electrons. The van der Waals surface area contributed by atoms with Crippen LogP contribution < -0.4 is 15.2 Å². The van der Waals surface area contributed by atoms with Crippen molar-refractivity contribution < 1.29 is 9.47 Å². The third-order valence-corrected chi connectivity index (χ3v) is 4.20. The Balaban J connectivity index is 1.94. The van der Waals surface area contributed by atoms with E-state index in [9.17, 15) is 0 Å². The molecule has 1 aromatic rings. The topological polar surface area (TPSA) is 44.5 Å². The Morgan fingerprint density at radius 2 is 1.94 bits per heavy atom.